The second-order valence-corrected chi connectivity index (χ2v) is 15.2. The number of hydrogen-bond acceptors (Lipinski definition) is 5. The van der Waals surface area contributed by atoms with Crippen molar-refractivity contribution in [2.75, 3.05) is 0 Å². The Balaban J connectivity index is 1.01. The van der Waals surface area contributed by atoms with Crippen molar-refractivity contribution in [3.8, 4) is 10.1 Å². The maximum atomic E-state index is 6.42. The van der Waals surface area contributed by atoms with Crippen molar-refractivity contribution in [1.82, 2.24) is 0 Å². The van der Waals surface area contributed by atoms with Gasteiger partial charge in [0.05, 0.1) is 0 Å². The van der Waals surface area contributed by atoms with E-state index in [-0.39, 0.29) is 0 Å². The van der Waals surface area contributed by atoms with Crippen molar-refractivity contribution in [1.29, 1.82) is 0 Å². The molecule has 0 radical (unpaired) electrons. The largest absolute Gasteiger partial charge is 0.436 e. The fraction of sp³-hybridized carbons (Fsp3) is 0.0526. The summed E-state index contributed by atoms with van der Waals surface area (Å²) in [6.07, 6.45) is 8.81. The third-order valence-corrected chi connectivity index (χ3v) is 11.6. The zero-order chi connectivity index (χ0) is 28.9. The molecule has 8 aromatic rings. The second-order valence-electron chi connectivity index (χ2n) is 10.9. The zero-order valence-corrected chi connectivity index (χ0v) is 26.9. The van der Waals surface area contributed by atoms with Crippen molar-refractivity contribution >= 4 is 110 Å². The molecule has 208 valence electrons. The lowest BCUT2D eigenvalue weighted by Crippen LogP contribution is -1.73. The van der Waals surface area contributed by atoms with Crippen LogP contribution in [0.25, 0.3) is 64.6 Å². The van der Waals surface area contributed by atoms with E-state index in [0.29, 0.717) is 0 Å². The van der Waals surface area contributed by atoms with E-state index in [1.165, 1.54) is 72.4 Å². The number of rotatable bonds is 6. The summed E-state index contributed by atoms with van der Waals surface area (Å²) in [5, 5.41) is 6.90. The maximum absolute atomic E-state index is 6.42. The van der Waals surface area contributed by atoms with Crippen LogP contribution < -0.4 is 4.74 Å². The fourth-order valence-corrected chi connectivity index (χ4v) is 9.17. The Labute approximate surface area is 266 Å². The Morgan fingerprint density at radius 2 is 0.791 bits per heavy atom. The third-order valence-electron chi connectivity index (χ3n) is 7.54. The van der Waals surface area contributed by atoms with E-state index in [1.54, 1.807) is 22.7 Å². The van der Waals surface area contributed by atoms with Crippen LogP contribution >= 0.6 is 45.3 Å². The van der Waals surface area contributed by atoms with Crippen molar-refractivity contribution in [3.05, 3.63) is 129 Å². The minimum absolute atomic E-state index is 0.934. The summed E-state index contributed by atoms with van der Waals surface area (Å²) in [6, 6.07) is 35.4. The zero-order valence-electron chi connectivity index (χ0n) is 23.6. The molecule has 0 bridgehead atoms. The lowest BCUT2D eigenvalue weighted by atomic mass is 10.1. The van der Waals surface area contributed by atoms with E-state index in [1.807, 2.05) is 22.7 Å². The minimum atomic E-state index is 0.934. The van der Waals surface area contributed by atoms with Crippen LogP contribution in [0.2, 0.25) is 0 Å². The molecule has 1 nitrogen and oxygen atoms in total. The SMILES string of the molecule is Cc1ccc(/C=C/c2cc3cc4sc(Oc5cc6cc7sc(/C=C/c8ccc(C)cc8)cc7cc6s5)cc4cc3s2)cc1. The van der Waals surface area contributed by atoms with Crippen LogP contribution in [0.15, 0.2) is 97.1 Å². The molecule has 0 unspecified atom stereocenters. The molecular formula is C38H26OS4. The van der Waals surface area contributed by atoms with Gasteiger partial charge in [0, 0.05) is 40.7 Å². The van der Waals surface area contributed by atoms with E-state index in [9.17, 15) is 0 Å². The van der Waals surface area contributed by atoms with Crippen molar-refractivity contribution in [3.63, 3.8) is 0 Å². The first kappa shape index (κ1) is 26.6. The Morgan fingerprint density at radius 1 is 0.419 bits per heavy atom. The molecule has 4 aromatic carbocycles. The first-order valence-corrected chi connectivity index (χ1v) is 17.4. The molecule has 4 heterocycles. The summed E-state index contributed by atoms with van der Waals surface area (Å²) in [7, 11) is 0. The van der Waals surface area contributed by atoms with Gasteiger partial charge >= 0.3 is 0 Å². The fourth-order valence-electron chi connectivity index (χ4n) is 5.21. The van der Waals surface area contributed by atoms with Gasteiger partial charge in [0.15, 0.2) is 10.1 Å². The average molecular weight is 627 g/mol. The third kappa shape index (κ3) is 5.57. The van der Waals surface area contributed by atoms with Crippen molar-refractivity contribution < 1.29 is 4.74 Å². The lowest BCUT2D eigenvalue weighted by molar-refractivity contribution is 0.512. The number of ether oxygens (including phenoxy) is 1. The quantitative estimate of drug-likeness (QED) is 0.178. The highest BCUT2D eigenvalue weighted by molar-refractivity contribution is 7.23. The van der Waals surface area contributed by atoms with E-state index < -0.39 is 0 Å². The Morgan fingerprint density at radius 3 is 1.21 bits per heavy atom. The smallest absolute Gasteiger partial charge is 0.183 e. The summed E-state index contributed by atoms with van der Waals surface area (Å²) in [5.74, 6) is 0. The van der Waals surface area contributed by atoms with Gasteiger partial charge in [0.2, 0.25) is 0 Å². The molecule has 0 amide bonds. The summed E-state index contributed by atoms with van der Waals surface area (Å²) < 4.78 is 11.5. The standard InChI is InChI=1S/C38H26OS4/c1-23-3-7-25(8-4-23)11-13-31-15-27-17-35-29(19-33(27)40-31)21-37(42-35)39-38-22-30-20-34-28(18-36(30)43-38)16-32(41-34)14-12-26-9-5-24(2)6-10-26/h3-22H,1-2H3/b13-11+,14-12+. The van der Waals surface area contributed by atoms with Gasteiger partial charge in [-0.05, 0) is 95.1 Å². The number of aryl methyl sites for hydroxylation is 2. The molecule has 5 heteroatoms. The highest BCUT2D eigenvalue weighted by atomic mass is 32.1. The molecule has 8 rings (SSSR count). The lowest BCUT2D eigenvalue weighted by Gasteiger charge is -1.95. The summed E-state index contributed by atoms with van der Waals surface area (Å²) in [6.45, 7) is 4.24. The summed E-state index contributed by atoms with van der Waals surface area (Å²) in [4.78, 5) is 2.54. The molecule has 0 N–H and O–H groups in total. The Hall–Kier alpha value is -4.00. The Kier molecular flexibility index (Phi) is 6.76. The molecule has 43 heavy (non-hydrogen) atoms. The van der Waals surface area contributed by atoms with E-state index >= 15 is 0 Å². The molecule has 0 saturated carbocycles. The van der Waals surface area contributed by atoms with Crippen LogP contribution in [0.1, 0.15) is 32.0 Å². The van der Waals surface area contributed by atoms with E-state index in [4.69, 9.17) is 4.74 Å². The molecule has 0 spiro atoms. The first-order valence-electron chi connectivity index (χ1n) is 14.1. The predicted molar refractivity (Wildman–Crippen MR) is 195 cm³/mol. The van der Waals surface area contributed by atoms with Crippen LogP contribution in [0.5, 0.6) is 10.1 Å². The second kappa shape index (κ2) is 10.9. The minimum Gasteiger partial charge on any atom is -0.436 e. The molecular weight excluding hydrogens is 601 g/mol. The van der Waals surface area contributed by atoms with Gasteiger partial charge in [-0.2, -0.15) is 0 Å². The van der Waals surface area contributed by atoms with Gasteiger partial charge in [-0.25, -0.2) is 0 Å². The first-order chi connectivity index (χ1) is 21.0. The van der Waals surface area contributed by atoms with Crippen LogP contribution in [0.4, 0.5) is 0 Å². The van der Waals surface area contributed by atoms with Gasteiger partial charge in [0.25, 0.3) is 0 Å². The number of benzene rings is 4. The van der Waals surface area contributed by atoms with Gasteiger partial charge in [0.1, 0.15) is 0 Å². The molecule has 0 aliphatic heterocycles. The molecule has 0 fully saturated rings. The highest BCUT2D eigenvalue weighted by Gasteiger charge is 2.11. The van der Waals surface area contributed by atoms with Gasteiger partial charge in [-0.15, -0.1) is 22.7 Å². The maximum Gasteiger partial charge on any atom is 0.183 e. The molecule has 0 saturated heterocycles. The monoisotopic (exact) mass is 626 g/mol. The van der Waals surface area contributed by atoms with Crippen molar-refractivity contribution in [2.24, 2.45) is 0 Å². The van der Waals surface area contributed by atoms with Gasteiger partial charge in [-0.3, -0.25) is 0 Å². The number of fused-ring (bicyclic) bond motifs is 4. The van der Waals surface area contributed by atoms with E-state index in [0.717, 1.165) is 10.1 Å². The number of thiophene rings is 4. The highest BCUT2D eigenvalue weighted by Crippen LogP contribution is 2.43. The Bertz CT molecular complexity index is 2050. The normalized spacial score (nSPS) is 12.2. The topological polar surface area (TPSA) is 9.23 Å². The van der Waals surface area contributed by atoms with Crippen LogP contribution in [-0.4, -0.2) is 0 Å². The average Bonchev–Trinajstić information content (AvgIpc) is 3.77. The van der Waals surface area contributed by atoms with Crippen LogP contribution in [-0.2, 0) is 0 Å². The molecule has 0 aliphatic carbocycles. The van der Waals surface area contributed by atoms with Crippen molar-refractivity contribution in [2.45, 2.75) is 13.8 Å². The summed E-state index contributed by atoms with van der Waals surface area (Å²) >= 11 is 7.09. The van der Waals surface area contributed by atoms with Crippen LogP contribution in [0.3, 0.4) is 0 Å². The van der Waals surface area contributed by atoms with E-state index in [2.05, 4.69) is 135 Å². The molecule has 4 aromatic heterocycles. The number of hydrogen-bond donors (Lipinski definition) is 0. The molecule has 0 atom stereocenters. The molecule has 0 aliphatic rings. The van der Waals surface area contributed by atoms with Gasteiger partial charge < -0.3 is 4.74 Å². The summed E-state index contributed by atoms with van der Waals surface area (Å²) in [5.41, 5.74) is 5.02. The van der Waals surface area contributed by atoms with Crippen LogP contribution in [0, 0.1) is 13.8 Å². The predicted octanol–water partition coefficient (Wildman–Crippen LogP) is 13.3. The van der Waals surface area contributed by atoms with Gasteiger partial charge in [-0.1, -0.05) is 94.5 Å².